The van der Waals surface area contributed by atoms with Crippen molar-refractivity contribution in [3.8, 4) is 0 Å². The van der Waals surface area contributed by atoms with Crippen molar-refractivity contribution in [2.75, 3.05) is 46.3 Å². The Morgan fingerprint density at radius 1 is 1.11 bits per heavy atom. The minimum atomic E-state index is -1.39. The smallest absolute Gasteiger partial charge is 0.225 e. The van der Waals surface area contributed by atoms with Gasteiger partial charge in [0.25, 0.3) is 0 Å². The van der Waals surface area contributed by atoms with Crippen molar-refractivity contribution >= 4 is 17.1 Å². The summed E-state index contributed by atoms with van der Waals surface area (Å²) in [5, 5.41) is 5.34. The van der Waals surface area contributed by atoms with E-state index in [0.717, 1.165) is 39.0 Å². The molecule has 2 heterocycles. The number of piperidine rings is 1. The van der Waals surface area contributed by atoms with Crippen LogP contribution in [0, 0.1) is 5.92 Å². The monoisotopic (exact) mass is 274 g/mol. The number of likely N-dealkylation sites (N-methyl/N-ethyl adjacent to an activating group) is 1. The van der Waals surface area contributed by atoms with Gasteiger partial charge in [-0.15, -0.1) is 0 Å². The highest BCUT2D eigenvalue weighted by Gasteiger charge is 2.30. The molecule has 7 heteroatoms. The van der Waals surface area contributed by atoms with Crippen LogP contribution in [0.25, 0.3) is 0 Å². The van der Waals surface area contributed by atoms with Crippen LogP contribution in [0.5, 0.6) is 0 Å². The van der Waals surface area contributed by atoms with E-state index < -0.39 is 11.2 Å². The van der Waals surface area contributed by atoms with Gasteiger partial charge in [0.1, 0.15) is 0 Å². The summed E-state index contributed by atoms with van der Waals surface area (Å²) in [4.78, 5) is 16.5. The van der Waals surface area contributed by atoms with Crippen molar-refractivity contribution in [1.82, 2.24) is 14.1 Å². The first kappa shape index (κ1) is 13.9. The fraction of sp³-hybridized carbons (Fsp3) is 0.909. The Balaban J connectivity index is 1.82. The highest BCUT2D eigenvalue weighted by molar-refractivity contribution is 7.80. The van der Waals surface area contributed by atoms with Crippen LogP contribution in [0.1, 0.15) is 12.8 Å². The first-order chi connectivity index (χ1) is 8.58. The molecule has 0 radical (unpaired) electrons. The van der Waals surface area contributed by atoms with Gasteiger partial charge in [-0.05, 0) is 19.9 Å². The summed E-state index contributed by atoms with van der Waals surface area (Å²) in [7, 11) is 2.08. The summed E-state index contributed by atoms with van der Waals surface area (Å²) in [5.41, 5.74) is 0. The molecule has 2 aliphatic heterocycles. The molecule has 0 spiro atoms. The average molecular weight is 274 g/mol. The average Bonchev–Trinajstić information content (AvgIpc) is 2.39. The van der Waals surface area contributed by atoms with Crippen molar-refractivity contribution in [2.45, 2.75) is 12.8 Å². The Labute approximate surface area is 111 Å². The fourth-order valence-corrected chi connectivity index (χ4v) is 3.14. The van der Waals surface area contributed by atoms with E-state index in [1.807, 2.05) is 4.90 Å². The van der Waals surface area contributed by atoms with E-state index in [4.69, 9.17) is 5.14 Å². The van der Waals surface area contributed by atoms with E-state index in [1.165, 1.54) is 0 Å². The maximum absolute atomic E-state index is 12.3. The molecule has 0 aromatic rings. The van der Waals surface area contributed by atoms with Gasteiger partial charge >= 0.3 is 0 Å². The van der Waals surface area contributed by atoms with Gasteiger partial charge in [0.2, 0.25) is 5.91 Å². The van der Waals surface area contributed by atoms with Crippen molar-refractivity contribution in [1.29, 1.82) is 0 Å². The van der Waals surface area contributed by atoms with Crippen LogP contribution < -0.4 is 5.14 Å². The minimum absolute atomic E-state index is 0.0909. The number of amides is 1. The number of hydrogen-bond donors (Lipinski definition) is 1. The van der Waals surface area contributed by atoms with Gasteiger partial charge in [-0.1, -0.05) is 0 Å². The molecule has 1 amide bonds. The lowest BCUT2D eigenvalue weighted by molar-refractivity contribution is -0.138. The van der Waals surface area contributed by atoms with Crippen LogP contribution in [0.3, 0.4) is 0 Å². The van der Waals surface area contributed by atoms with E-state index in [2.05, 4.69) is 11.9 Å². The van der Waals surface area contributed by atoms with Gasteiger partial charge in [0, 0.05) is 45.2 Å². The third kappa shape index (κ3) is 3.28. The predicted molar refractivity (Wildman–Crippen MR) is 70.7 cm³/mol. The first-order valence-electron chi connectivity index (χ1n) is 6.46. The van der Waals surface area contributed by atoms with E-state index in [1.54, 1.807) is 4.31 Å². The zero-order valence-corrected chi connectivity index (χ0v) is 11.7. The third-order valence-electron chi connectivity index (χ3n) is 3.87. The van der Waals surface area contributed by atoms with Gasteiger partial charge in [-0.3, -0.25) is 4.79 Å². The number of nitrogens with zero attached hydrogens (tertiary/aromatic N) is 3. The van der Waals surface area contributed by atoms with E-state index >= 15 is 0 Å². The molecule has 0 bridgehead atoms. The number of hydrogen-bond acceptors (Lipinski definition) is 3. The van der Waals surface area contributed by atoms with Crippen LogP contribution in [-0.2, 0) is 16.0 Å². The molecule has 2 rings (SSSR count). The van der Waals surface area contributed by atoms with E-state index in [0.29, 0.717) is 13.1 Å². The number of carbonyl (C=O) groups is 1. The summed E-state index contributed by atoms with van der Waals surface area (Å²) in [6.45, 7) is 4.89. The van der Waals surface area contributed by atoms with Gasteiger partial charge in [-0.2, -0.15) is 0 Å². The van der Waals surface area contributed by atoms with Gasteiger partial charge < -0.3 is 9.80 Å². The maximum Gasteiger partial charge on any atom is 0.225 e. The maximum atomic E-state index is 12.3. The molecule has 0 aromatic carbocycles. The Kier molecular flexibility index (Phi) is 4.71. The predicted octanol–water partition coefficient (Wildman–Crippen LogP) is -0.990. The number of rotatable bonds is 2. The molecule has 2 saturated heterocycles. The number of carbonyl (C=O) groups excluding carboxylic acids is 1. The fourth-order valence-electron chi connectivity index (χ4n) is 2.57. The SMILES string of the molecule is CN1CCN(C(=O)C2CCN(S(N)=O)CC2)CC1. The quantitative estimate of drug-likeness (QED) is 0.703. The molecule has 18 heavy (non-hydrogen) atoms. The summed E-state index contributed by atoms with van der Waals surface area (Å²) in [6.07, 6.45) is 1.54. The Hall–Kier alpha value is -0.500. The molecule has 2 N–H and O–H groups in total. The van der Waals surface area contributed by atoms with E-state index in [9.17, 15) is 9.00 Å². The molecule has 0 aliphatic carbocycles. The number of nitrogens with two attached hydrogens (primary N) is 1. The molecule has 2 fully saturated rings. The van der Waals surface area contributed by atoms with Crippen LogP contribution in [-0.4, -0.2) is 70.5 Å². The molecule has 104 valence electrons. The third-order valence-corrected chi connectivity index (χ3v) is 4.75. The van der Waals surface area contributed by atoms with Crippen LogP contribution >= 0.6 is 0 Å². The molecule has 1 unspecified atom stereocenters. The Morgan fingerprint density at radius 2 is 1.67 bits per heavy atom. The molecule has 6 nitrogen and oxygen atoms in total. The molecule has 0 aromatic heterocycles. The Morgan fingerprint density at radius 3 is 2.17 bits per heavy atom. The second kappa shape index (κ2) is 6.10. The second-order valence-electron chi connectivity index (χ2n) is 5.11. The van der Waals surface area contributed by atoms with Crippen molar-refractivity contribution in [2.24, 2.45) is 11.1 Å². The molecular formula is C11H22N4O2S. The van der Waals surface area contributed by atoms with Crippen LogP contribution in [0.2, 0.25) is 0 Å². The molecular weight excluding hydrogens is 252 g/mol. The van der Waals surface area contributed by atoms with Crippen LogP contribution in [0.15, 0.2) is 0 Å². The summed E-state index contributed by atoms with van der Waals surface area (Å²) >= 11 is -1.39. The minimum Gasteiger partial charge on any atom is -0.340 e. The molecule has 0 saturated carbocycles. The van der Waals surface area contributed by atoms with Crippen LogP contribution in [0.4, 0.5) is 0 Å². The highest BCUT2D eigenvalue weighted by Crippen LogP contribution is 2.20. The zero-order valence-electron chi connectivity index (χ0n) is 10.9. The number of piperazine rings is 1. The molecule has 2 aliphatic rings. The zero-order chi connectivity index (χ0) is 13.1. The lowest BCUT2D eigenvalue weighted by Gasteiger charge is -2.36. The lowest BCUT2D eigenvalue weighted by atomic mass is 9.96. The van der Waals surface area contributed by atoms with Crippen molar-refractivity contribution in [3.63, 3.8) is 0 Å². The van der Waals surface area contributed by atoms with Crippen molar-refractivity contribution in [3.05, 3.63) is 0 Å². The standard InChI is InChI=1S/C11H22N4O2S/c1-13-6-8-14(9-7-13)11(16)10-2-4-15(5-3-10)18(12)17/h10H,2-9,12H2,1H3. The summed E-state index contributed by atoms with van der Waals surface area (Å²) in [5.74, 6) is 0.360. The summed E-state index contributed by atoms with van der Waals surface area (Å²) in [6, 6.07) is 0. The second-order valence-corrected chi connectivity index (χ2v) is 6.18. The largest absolute Gasteiger partial charge is 0.340 e. The Bertz CT molecular complexity index is 323. The van der Waals surface area contributed by atoms with Gasteiger partial charge in [-0.25, -0.2) is 13.7 Å². The van der Waals surface area contributed by atoms with Gasteiger partial charge in [0.05, 0.1) is 0 Å². The summed E-state index contributed by atoms with van der Waals surface area (Å²) < 4.78 is 12.9. The topological polar surface area (TPSA) is 69.9 Å². The normalized spacial score (nSPS) is 26.2. The molecule has 1 atom stereocenters. The van der Waals surface area contributed by atoms with E-state index in [-0.39, 0.29) is 11.8 Å². The van der Waals surface area contributed by atoms with Gasteiger partial charge in [0.15, 0.2) is 11.2 Å². The van der Waals surface area contributed by atoms with Crippen molar-refractivity contribution < 1.29 is 9.00 Å². The lowest BCUT2D eigenvalue weighted by Crippen LogP contribution is -2.50. The first-order valence-corrected chi connectivity index (χ1v) is 7.63. The highest BCUT2D eigenvalue weighted by atomic mass is 32.2.